The Morgan fingerprint density at radius 2 is 1.87 bits per heavy atom. The summed E-state index contributed by atoms with van der Waals surface area (Å²) in [5.74, 6) is -0.666. The van der Waals surface area contributed by atoms with Crippen LogP contribution in [-0.2, 0) is 0 Å². The first-order chi connectivity index (χ1) is 6.82. The molecule has 1 aliphatic heterocycles. The number of likely N-dealkylation sites (tertiary alicyclic amines) is 1. The van der Waals surface area contributed by atoms with Gasteiger partial charge < -0.3 is 15.7 Å². The van der Waals surface area contributed by atoms with Crippen molar-refractivity contribution in [1.29, 1.82) is 0 Å². The second-order valence-corrected chi connectivity index (χ2v) is 3.67. The fourth-order valence-corrected chi connectivity index (χ4v) is 1.72. The first-order valence-electron chi connectivity index (χ1n) is 4.62. The number of carboxylic acid groups (broad SMARTS) is 1. The summed E-state index contributed by atoms with van der Waals surface area (Å²) < 4.78 is 36.7. The largest absolute Gasteiger partial charge is 0.465 e. The van der Waals surface area contributed by atoms with Crippen LogP contribution in [0, 0.1) is 5.92 Å². The fraction of sp³-hybridized carbons (Fsp3) is 0.875. The predicted octanol–water partition coefficient (Wildman–Crippen LogP) is 1.27. The molecule has 3 N–H and O–H groups in total. The van der Waals surface area contributed by atoms with Gasteiger partial charge in [0.15, 0.2) is 0 Å². The SMILES string of the molecule is NC(C1CCN(C(=O)O)CC1)C(F)(F)F. The van der Waals surface area contributed by atoms with Gasteiger partial charge in [0, 0.05) is 13.1 Å². The molecule has 0 aliphatic carbocycles. The summed E-state index contributed by atoms with van der Waals surface area (Å²) in [4.78, 5) is 11.6. The first kappa shape index (κ1) is 12.1. The molecule has 0 bridgehead atoms. The minimum atomic E-state index is -4.39. The van der Waals surface area contributed by atoms with Gasteiger partial charge in [0.1, 0.15) is 6.04 Å². The van der Waals surface area contributed by atoms with Crippen LogP contribution in [0.3, 0.4) is 0 Å². The van der Waals surface area contributed by atoms with E-state index in [1.807, 2.05) is 0 Å². The van der Waals surface area contributed by atoms with E-state index in [2.05, 4.69) is 0 Å². The topological polar surface area (TPSA) is 66.6 Å². The van der Waals surface area contributed by atoms with Crippen LogP contribution in [-0.4, -0.2) is 41.4 Å². The molecule has 0 spiro atoms. The molecular formula is C8H13F3N2O2. The molecule has 1 aliphatic rings. The van der Waals surface area contributed by atoms with Crippen molar-refractivity contribution in [3.05, 3.63) is 0 Å². The average molecular weight is 226 g/mol. The van der Waals surface area contributed by atoms with Crippen molar-refractivity contribution in [2.45, 2.75) is 25.1 Å². The van der Waals surface area contributed by atoms with E-state index in [1.165, 1.54) is 0 Å². The second-order valence-electron chi connectivity index (χ2n) is 3.67. The molecule has 0 radical (unpaired) electrons. The van der Waals surface area contributed by atoms with Gasteiger partial charge in [-0.1, -0.05) is 0 Å². The summed E-state index contributed by atoms with van der Waals surface area (Å²) in [6.45, 7) is 0.257. The number of halogens is 3. The number of alkyl halides is 3. The minimum absolute atomic E-state index is 0.129. The van der Waals surface area contributed by atoms with Gasteiger partial charge in [0.05, 0.1) is 0 Å². The average Bonchev–Trinajstić information content (AvgIpc) is 2.15. The van der Waals surface area contributed by atoms with Crippen molar-refractivity contribution >= 4 is 6.09 Å². The molecule has 0 aromatic carbocycles. The minimum Gasteiger partial charge on any atom is -0.465 e. The lowest BCUT2D eigenvalue weighted by molar-refractivity contribution is -0.161. The number of nitrogens with zero attached hydrogens (tertiary/aromatic N) is 1. The van der Waals surface area contributed by atoms with E-state index < -0.39 is 24.2 Å². The molecule has 1 heterocycles. The lowest BCUT2D eigenvalue weighted by Crippen LogP contribution is -2.49. The molecule has 0 aromatic rings. The molecule has 1 saturated heterocycles. The van der Waals surface area contributed by atoms with E-state index in [4.69, 9.17) is 10.8 Å². The van der Waals surface area contributed by atoms with Gasteiger partial charge in [0.2, 0.25) is 0 Å². The maximum absolute atomic E-state index is 12.2. The van der Waals surface area contributed by atoms with E-state index in [1.54, 1.807) is 0 Å². The number of hydrogen-bond donors (Lipinski definition) is 2. The smallest absolute Gasteiger partial charge is 0.407 e. The zero-order valence-corrected chi connectivity index (χ0v) is 8.00. The van der Waals surface area contributed by atoms with Crippen molar-refractivity contribution in [3.63, 3.8) is 0 Å². The third kappa shape index (κ3) is 2.98. The molecule has 88 valence electrons. The lowest BCUT2D eigenvalue weighted by atomic mass is 9.90. The Labute approximate surface area is 84.8 Å². The fourth-order valence-electron chi connectivity index (χ4n) is 1.72. The van der Waals surface area contributed by atoms with Gasteiger partial charge in [-0.15, -0.1) is 0 Å². The van der Waals surface area contributed by atoms with E-state index in [0.717, 1.165) is 4.90 Å². The van der Waals surface area contributed by atoms with Crippen LogP contribution >= 0.6 is 0 Å². The van der Waals surface area contributed by atoms with Crippen molar-refractivity contribution in [2.75, 3.05) is 13.1 Å². The van der Waals surface area contributed by atoms with Crippen LogP contribution in [0.1, 0.15) is 12.8 Å². The van der Waals surface area contributed by atoms with Crippen LogP contribution in [0.5, 0.6) is 0 Å². The van der Waals surface area contributed by atoms with Crippen LogP contribution < -0.4 is 5.73 Å². The van der Waals surface area contributed by atoms with E-state index in [9.17, 15) is 18.0 Å². The van der Waals surface area contributed by atoms with Gasteiger partial charge >= 0.3 is 12.3 Å². The number of rotatable bonds is 1. The summed E-state index contributed by atoms with van der Waals surface area (Å²) in [7, 11) is 0. The Morgan fingerprint density at radius 3 is 2.20 bits per heavy atom. The molecule has 1 fully saturated rings. The number of nitrogens with two attached hydrogens (primary N) is 1. The van der Waals surface area contributed by atoms with Crippen LogP contribution in [0.25, 0.3) is 0 Å². The van der Waals surface area contributed by atoms with Crippen molar-refractivity contribution in [2.24, 2.45) is 11.7 Å². The number of piperidine rings is 1. The molecular weight excluding hydrogens is 213 g/mol. The standard InChI is InChI=1S/C8H13F3N2O2/c9-8(10,11)6(12)5-1-3-13(4-2-5)7(14)15/h5-6H,1-4,12H2,(H,14,15). The van der Waals surface area contributed by atoms with E-state index in [-0.39, 0.29) is 25.9 Å². The quantitative estimate of drug-likeness (QED) is 0.707. The molecule has 1 amide bonds. The zero-order chi connectivity index (χ0) is 11.6. The third-order valence-corrected chi connectivity index (χ3v) is 2.70. The Balaban J connectivity index is 2.47. The van der Waals surface area contributed by atoms with Crippen molar-refractivity contribution in [3.8, 4) is 0 Å². The predicted molar refractivity (Wildman–Crippen MR) is 46.4 cm³/mol. The monoisotopic (exact) mass is 226 g/mol. The highest BCUT2D eigenvalue weighted by atomic mass is 19.4. The van der Waals surface area contributed by atoms with Gasteiger partial charge in [-0.25, -0.2) is 4.79 Å². The highest BCUT2D eigenvalue weighted by molar-refractivity contribution is 5.64. The van der Waals surface area contributed by atoms with Crippen molar-refractivity contribution < 1.29 is 23.1 Å². The Bertz CT molecular complexity index is 237. The maximum Gasteiger partial charge on any atom is 0.407 e. The van der Waals surface area contributed by atoms with Gasteiger partial charge in [-0.2, -0.15) is 13.2 Å². The number of amides is 1. The first-order valence-corrected chi connectivity index (χ1v) is 4.62. The zero-order valence-electron chi connectivity index (χ0n) is 8.00. The highest BCUT2D eigenvalue weighted by Gasteiger charge is 2.43. The Morgan fingerprint density at radius 1 is 1.40 bits per heavy atom. The van der Waals surface area contributed by atoms with Crippen LogP contribution in [0.2, 0.25) is 0 Å². The molecule has 7 heteroatoms. The van der Waals surface area contributed by atoms with Gasteiger partial charge in [-0.3, -0.25) is 0 Å². The summed E-state index contributed by atoms with van der Waals surface area (Å²) >= 11 is 0. The van der Waals surface area contributed by atoms with Crippen LogP contribution in [0.4, 0.5) is 18.0 Å². The Kier molecular flexibility index (Phi) is 3.43. The number of hydrogen-bond acceptors (Lipinski definition) is 2. The van der Waals surface area contributed by atoms with Gasteiger partial charge in [0.25, 0.3) is 0 Å². The summed E-state index contributed by atoms with van der Waals surface area (Å²) in [5.41, 5.74) is 5.06. The molecule has 1 rings (SSSR count). The molecule has 1 atom stereocenters. The summed E-state index contributed by atoms with van der Waals surface area (Å²) in [5, 5.41) is 8.60. The lowest BCUT2D eigenvalue weighted by Gasteiger charge is -2.33. The van der Waals surface area contributed by atoms with E-state index in [0.29, 0.717) is 0 Å². The Hall–Kier alpha value is -0.980. The number of carbonyl (C=O) groups is 1. The summed E-state index contributed by atoms with van der Waals surface area (Å²) in [6, 6.07) is -1.84. The maximum atomic E-state index is 12.2. The molecule has 0 aromatic heterocycles. The van der Waals surface area contributed by atoms with Gasteiger partial charge in [-0.05, 0) is 18.8 Å². The van der Waals surface area contributed by atoms with E-state index >= 15 is 0 Å². The normalized spacial score (nSPS) is 21.5. The van der Waals surface area contributed by atoms with Crippen molar-refractivity contribution in [1.82, 2.24) is 4.90 Å². The molecule has 4 nitrogen and oxygen atoms in total. The molecule has 1 unspecified atom stereocenters. The summed E-state index contributed by atoms with van der Waals surface area (Å²) in [6.07, 6.45) is -5.13. The third-order valence-electron chi connectivity index (χ3n) is 2.70. The van der Waals surface area contributed by atoms with Crippen LogP contribution in [0.15, 0.2) is 0 Å². The second kappa shape index (κ2) is 4.26. The molecule has 15 heavy (non-hydrogen) atoms. The highest BCUT2D eigenvalue weighted by Crippen LogP contribution is 2.30. The molecule has 0 saturated carbocycles.